The van der Waals surface area contributed by atoms with Crippen molar-refractivity contribution in [1.82, 2.24) is 20.3 Å². The Morgan fingerprint density at radius 1 is 1.62 bits per heavy atom. The van der Waals surface area contributed by atoms with E-state index in [2.05, 4.69) is 28.8 Å². The number of hydrogen-bond donors (Lipinski definition) is 2. The fraction of sp³-hybridized carbons (Fsp3) is 0.800. The first-order valence-electron chi connectivity index (χ1n) is 5.45. The minimum absolute atomic E-state index is 0.0982. The first-order chi connectivity index (χ1) is 7.76. The van der Waals surface area contributed by atoms with Crippen LogP contribution < -0.4 is 5.32 Å². The van der Waals surface area contributed by atoms with E-state index < -0.39 is 0 Å². The summed E-state index contributed by atoms with van der Waals surface area (Å²) in [6.45, 7) is 4.57. The minimum atomic E-state index is 0.0982. The summed E-state index contributed by atoms with van der Waals surface area (Å²) in [5, 5.41) is 20.0. The van der Waals surface area contributed by atoms with Crippen LogP contribution in [0.3, 0.4) is 0 Å². The van der Waals surface area contributed by atoms with Crippen molar-refractivity contribution in [1.29, 1.82) is 0 Å². The van der Waals surface area contributed by atoms with Crippen molar-refractivity contribution >= 4 is 11.8 Å². The predicted octanol–water partition coefficient (Wildman–Crippen LogP) is 0.359. The maximum atomic E-state index is 8.73. The summed E-state index contributed by atoms with van der Waals surface area (Å²) in [6.07, 6.45) is 3.99. The molecule has 92 valence electrons. The highest BCUT2D eigenvalue weighted by Crippen LogP contribution is 2.03. The molecule has 6 heteroatoms. The summed E-state index contributed by atoms with van der Waals surface area (Å²) >= 11 is 1.87. The first-order valence-corrected chi connectivity index (χ1v) is 6.85. The Bertz CT molecular complexity index is 292. The van der Waals surface area contributed by atoms with Gasteiger partial charge in [0.05, 0.1) is 18.8 Å². The number of nitrogens with zero attached hydrogens (tertiary/aromatic N) is 3. The van der Waals surface area contributed by atoms with Crippen molar-refractivity contribution in [3.05, 3.63) is 11.9 Å². The van der Waals surface area contributed by atoms with Crippen molar-refractivity contribution in [2.24, 2.45) is 5.92 Å². The normalized spacial score (nSPS) is 12.9. The van der Waals surface area contributed by atoms with Crippen molar-refractivity contribution in [3.63, 3.8) is 0 Å². The van der Waals surface area contributed by atoms with Gasteiger partial charge in [-0.25, -0.2) is 4.68 Å². The molecule has 1 atom stereocenters. The maximum Gasteiger partial charge on any atom is 0.0964 e. The zero-order valence-electron chi connectivity index (χ0n) is 9.89. The van der Waals surface area contributed by atoms with Crippen molar-refractivity contribution in [2.75, 3.05) is 25.2 Å². The largest absolute Gasteiger partial charge is 0.394 e. The predicted molar refractivity (Wildman–Crippen MR) is 66.4 cm³/mol. The Labute approximate surface area is 101 Å². The number of aliphatic hydroxyl groups is 1. The molecule has 1 rings (SSSR count). The van der Waals surface area contributed by atoms with Crippen molar-refractivity contribution in [2.45, 2.75) is 20.0 Å². The van der Waals surface area contributed by atoms with Crippen LogP contribution in [0.1, 0.15) is 12.6 Å². The molecule has 0 aliphatic rings. The van der Waals surface area contributed by atoms with Gasteiger partial charge in [0.2, 0.25) is 0 Å². The molecule has 0 fully saturated rings. The second-order valence-corrected chi connectivity index (χ2v) is 4.80. The van der Waals surface area contributed by atoms with E-state index in [-0.39, 0.29) is 6.61 Å². The third-order valence-electron chi connectivity index (χ3n) is 2.17. The van der Waals surface area contributed by atoms with E-state index in [0.717, 1.165) is 18.8 Å². The van der Waals surface area contributed by atoms with E-state index in [1.165, 1.54) is 5.75 Å². The fourth-order valence-electron chi connectivity index (χ4n) is 1.42. The van der Waals surface area contributed by atoms with E-state index in [1.54, 1.807) is 4.68 Å². The number of aromatic nitrogens is 3. The number of thioether (sulfide) groups is 1. The van der Waals surface area contributed by atoms with Crippen LogP contribution in [0, 0.1) is 5.92 Å². The summed E-state index contributed by atoms with van der Waals surface area (Å²) in [5.74, 6) is 1.84. The Balaban J connectivity index is 2.21. The van der Waals surface area contributed by atoms with E-state index in [0.29, 0.717) is 12.5 Å². The highest BCUT2D eigenvalue weighted by atomic mass is 32.2. The molecule has 0 spiro atoms. The Hall–Kier alpha value is -0.590. The van der Waals surface area contributed by atoms with Crippen LogP contribution in [0.15, 0.2) is 6.20 Å². The van der Waals surface area contributed by atoms with Gasteiger partial charge < -0.3 is 10.4 Å². The van der Waals surface area contributed by atoms with Crippen LogP contribution in [0.5, 0.6) is 0 Å². The maximum absolute atomic E-state index is 8.73. The Morgan fingerprint density at radius 2 is 2.44 bits per heavy atom. The third kappa shape index (κ3) is 4.96. The lowest BCUT2D eigenvalue weighted by atomic mass is 10.2. The fourth-order valence-corrected chi connectivity index (χ4v) is 2.11. The van der Waals surface area contributed by atoms with Gasteiger partial charge in [-0.15, -0.1) is 5.10 Å². The quantitative estimate of drug-likeness (QED) is 0.691. The van der Waals surface area contributed by atoms with Crippen LogP contribution >= 0.6 is 11.8 Å². The summed E-state index contributed by atoms with van der Waals surface area (Å²) in [5.41, 5.74) is 0.921. The van der Waals surface area contributed by atoms with Gasteiger partial charge in [0.25, 0.3) is 0 Å². The molecule has 0 aliphatic carbocycles. The van der Waals surface area contributed by atoms with Gasteiger partial charge in [-0.1, -0.05) is 12.1 Å². The molecule has 0 amide bonds. The summed E-state index contributed by atoms with van der Waals surface area (Å²) in [6, 6.07) is 0. The zero-order valence-corrected chi connectivity index (χ0v) is 10.7. The number of rotatable bonds is 8. The highest BCUT2D eigenvalue weighted by molar-refractivity contribution is 7.98. The standard InChI is InChI=1S/C10H20N4OS/c1-9(8-16-2)5-11-6-10-7-14(3-4-15)13-12-10/h7,9,11,15H,3-6,8H2,1-2H3. The summed E-state index contributed by atoms with van der Waals surface area (Å²) < 4.78 is 1.66. The van der Waals surface area contributed by atoms with Crippen LogP contribution in [0.4, 0.5) is 0 Å². The number of nitrogens with one attached hydrogen (secondary N) is 1. The van der Waals surface area contributed by atoms with Crippen LogP contribution in [0.25, 0.3) is 0 Å². The SMILES string of the molecule is CSCC(C)CNCc1cn(CCO)nn1. The molecule has 5 nitrogen and oxygen atoms in total. The van der Waals surface area contributed by atoms with Crippen molar-refractivity contribution < 1.29 is 5.11 Å². The van der Waals surface area contributed by atoms with Gasteiger partial charge in [0, 0.05) is 12.7 Å². The molecule has 0 saturated heterocycles. The summed E-state index contributed by atoms with van der Waals surface area (Å²) in [7, 11) is 0. The van der Waals surface area contributed by atoms with Crippen molar-refractivity contribution in [3.8, 4) is 0 Å². The van der Waals surface area contributed by atoms with E-state index in [9.17, 15) is 0 Å². The molecule has 0 aliphatic heterocycles. The molecule has 0 bridgehead atoms. The third-order valence-corrected chi connectivity index (χ3v) is 3.07. The van der Waals surface area contributed by atoms with Crippen LogP contribution in [-0.4, -0.2) is 45.3 Å². The second kappa shape index (κ2) is 7.65. The topological polar surface area (TPSA) is 63.0 Å². The monoisotopic (exact) mass is 244 g/mol. The molecule has 0 aromatic carbocycles. The highest BCUT2D eigenvalue weighted by Gasteiger charge is 2.02. The second-order valence-electron chi connectivity index (χ2n) is 3.89. The Morgan fingerprint density at radius 3 is 3.12 bits per heavy atom. The molecule has 0 radical (unpaired) electrons. The molecule has 0 saturated carbocycles. The van der Waals surface area contributed by atoms with Crippen LogP contribution in [0.2, 0.25) is 0 Å². The lowest BCUT2D eigenvalue weighted by molar-refractivity contribution is 0.268. The van der Waals surface area contributed by atoms with E-state index in [4.69, 9.17) is 5.11 Å². The molecule has 1 heterocycles. The molecule has 1 aromatic rings. The van der Waals surface area contributed by atoms with Gasteiger partial charge in [0.15, 0.2) is 0 Å². The zero-order chi connectivity index (χ0) is 11.8. The van der Waals surface area contributed by atoms with Gasteiger partial charge in [-0.05, 0) is 24.5 Å². The minimum Gasteiger partial charge on any atom is -0.394 e. The van der Waals surface area contributed by atoms with Gasteiger partial charge in [-0.2, -0.15) is 11.8 Å². The van der Waals surface area contributed by atoms with Gasteiger partial charge >= 0.3 is 0 Å². The van der Waals surface area contributed by atoms with E-state index >= 15 is 0 Å². The average molecular weight is 244 g/mol. The number of hydrogen-bond acceptors (Lipinski definition) is 5. The lowest BCUT2D eigenvalue weighted by Crippen LogP contribution is -2.22. The Kier molecular flexibility index (Phi) is 6.44. The summed E-state index contributed by atoms with van der Waals surface area (Å²) in [4.78, 5) is 0. The molecule has 1 unspecified atom stereocenters. The molecule has 2 N–H and O–H groups in total. The average Bonchev–Trinajstić information content (AvgIpc) is 2.67. The molecule has 1 aromatic heterocycles. The smallest absolute Gasteiger partial charge is 0.0964 e. The molecular weight excluding hydrogens is 224 g/mol. The number of aliphatic hydroxyl groups excluding tert-OH is 1. The lowest BCUT2D eigenvalue weighted by Gasteiger charge is -2.09. The molecule has 16 heavy (non-hydrogen) atoms. The van der Waals surface area contributed by atoms with E-state index in [1.807, 2.05) is 18.0 Å². The van der Waals surface area contributed by atoms with Gasteiger partial charge in [0.1, 0.15) is 0 Å². The first kappa shape index (κ1) is 13.5. The molecular formula is C10H20N4OS. The van der Waals surface area contributed by atoms with Crippen LogP contribution in [-0.2, 0) is 13.1 Å². The van der Waals surface area contributed by atoms with Gasteiger partial charge in [-0.3, -0.25) is 0 Å².